The van der Waals surface area contributed by atoms with Crippen LogP contribution < -0.4 is 15.4 Å². The molecule has 0 radical (unpaired) electrons. The summed E-state index contributed by atoms with van der Waals surface area (Å²) in [5, 5.41) is 0.998. The summed E-state index contributed by atoms with van der Waals surface area (Å²) in [5.41, 5.74) is 6.80. The van der Waals surface area contributed by atoms with Crippen LogP contribution in [0, 0.1) is 5.41 Å². The van der Waals surface area contributed by atoms with E-state index in [1.54, 1.807) is 14.0 Å². The van der Waals surface area contributed by atoms with E-state index in [-0.39, 0.29) is 5.78 Å². The Hall–Kier alpha value is -1.23. The van der Waals surface area contributed by atoms with Crippen molar-refractivity contribution >= 4 is 27.8 Å². The number of thiophene rings is 1. The van der Waals surface area contributed by atoms with Crippen molar-refractivity contribution in [3.05, 3.63) is 4.88 Å². The number of anilines is 2. The lowest BCUT2D eigenvalue weighted by Gasteiger charge is -2.38. The Labute approximate surface area is 118 Å². The second-order valence-electron chi connectivity index (χ2n) is 5.93. The van der Waals surface area contributed by atoms with Crippen LogP contribution >= 0.6 is 11.3 Å². The highest BCUT2D eigenvalue weighted by Crippen LogP contribution is 2.47. The van der Waals surface area contributed by atoms with Crippen molar-refractivity contribution in [2.75, 3.05) is 30.8 Å². The van der Waals surface area contributed by atoms with E-state index in [1.807, 2.05) is 0 Å². The van der Waals surface area contributed by atoms with Gasteiger partial charge in [0.2, 0.25) is 0 Å². The first-order valence-electron chi connectivity index (χ1n) is 6.58. The van der Waals surface area contributed by atoms with Gasteiger partial charge in [-0.2, -0.15) is 0 Å². The van der Waals surface area contributed by atoms with Crippen molar-refractivity contribution in [2.24, 2.45) is 5.41 Å². The molecule has 106 valence electrons. The van der Waals surface area contributed by atoms with Crippen molar-refractivity contribution in [1.82, 2.24) is 0 Å². The molecule has 2 heterocycles. The fourth-order valence-electron chi connectivity index (χ4n) is 2.68. The van der Waals surface area contributed by atoms with Gasteiger partial charge in [0, 0.05) is 20.0 Å². The van der Waals surface area contributed by atoms with Gasteiger partial charge in [-0.3, -0.25) is 4.79 Å². The lowest BCUT2D eigenvalue weighted by molar-refractivity contribution is 0.102. The molecule has 0 spiro atoms. The number of Topliss-reactive ketones (excluding diaryl/α,β-unsaturated/α-hetero) is 1. The first-order chi connectivity index (χ1) is 8.85. The minimum Gasteiger partial charge on any atom is -0.492 e. The van der Waals surface area contributed by atoms with E-state index < -0.39 is 0 Å². The summed E-state index contributed by atoms with van der Waals surface area (Å²) in [6.07, 6.45) is 2.38. The number of nitrogens with zero attached hydrogens (tertiary/aromatic N) is 1. The molecule has 1 aromatic heterocycles. The molecule has 2 N–H and O–H groups in total. The summed E-state index contributed by atoms with van der Waals surface area (Å²) in [6, 6.07) is 0. The Morgan fingerprint density at radius 3 is 2.68 bits per heavy atom. The molecule has 1 aromatic rings. The van der Waals surface area contributed by atoms with Gasteiger partial charge in [-0.15, -0.1) is 11.3 Å². The second kappa shape index (κ2) is 5.04. The maximum Gasteiger partial charge on any atom is 0.177 e. The predicted molar refractivity (Wildman–Crippen MR) is 80.5 cm³/mol. The van der Waals surface area contributed by atoms with Crippen LogP contribution in [0.3, 0.4) is 0 Å². The average Bonchev–Trinajstić information content (AvgIpc) is 2.65. The monoisotopic (exact) mass is 282 g/mol. The molecule has 0 unspecified atom stereocenters. The van der Waals surface area contributed by atoms with Gasteiger partial charge in [0.25, 0.3) is 0 Å². The quantitative estimate of drug-likeness (QED) is 0.865. The molecule has 2 rings (SSSR count). The number of hydrogen-bond donors (Lipinski definition) is 1. The Morgan fingerprint density at radius 2 is 2.16 bits per heavy atom. The normalized spacial score (nSPS) is 18.4. The molecule has 1 aliphatic heterocycles. The van der Waals surface area contributed by atoms with E-state index in [0.29, 0.717) is 21.7 Å². The smallest absolute Gasteiger partial charge is 0.177 e. The summed E-state index contributed by atoms with van der Waals surface area (Å²) >= 11 is 1.45. The van der Waals surface area contributed by atoms with Gasteiger partial charge >= 0.3 is 0 Å². The molecule has 5 heteroatoms. The maximum atomic E-state index is 11.6. The van der Waals surface area contributed by atoms with Crippen LogP contribution in [0.5, 0.6) is 5.75 Å². The minimum atomic E-state index is 0.00307. The highest BCUT2D eigenvalue weighted by Gasteiger charge is 2.31. The van der Waals surface area contributed by atoms with Crippen molar-refractivity contribution in [3.63, 3.8) is 0 Å². The number of carbonyl (C=O) groups excluding carboxylic acids is 1. The fraction of sp³-hybridized carbons (Fsp3) is 0.643. The van der Waals surface area contributed by atoms with Crippen LogP contribution in [-0.2, 0) is 0 Å². The van der Waals surface area contributed by atoms with Crippen LogP contribution in [0.4, 0.5) is 10.7 Å². The van der Waals surface area contributed by atoms with E-state index in [1.165, 1.54) is 17.8 Å². The zero-order valence-electron chi connectivity index (χ0n) is 12.1. The summed E-state index contributed by atoms with van der Waals surface area (Å²) in [5.74, 6) is 0.663. The molecule has 4 nitrogen and oxygen atoms in total. The number of carbonyl (C=O) groups is 1. The second-order valence-corrected chi connectivity index (χ2v) is 6.93. The summed E-state index contributed by atoms with van der Waals surface area (Å²) in [6.45, 7) is 8.06. The van der Waals surface area contributed by atoms with Gasteiger partial charge in [0.05, 0.1) is 17.7 Å². The number of hydrogen-bond acceptors (Lipinski definition) is 5. The Kier molecular flexibility index (Phi) is 3.76. The van der Waals surface area contributed by atoms with Gasteiger partial charge < -0.3 is 15.4 Å². The number of ketones is 1. The van der Waals surface area contributed by atoms with Crippen molar-refractivity contribution in [3.8, 4) is 5.75 Å². The third-order valence-electron chi connectivity index (χ3n) is 3.59. The fourth-order valence-corrected chi connectivity index (χ4v) is 3.79. The molecular weight excluding hydrogens is 260 g/mol. The van der Waals surface area contributed by atoms with E-state index in [2.05, 4.69) is 18.7 Å². The van der Waals surface area contributed by atoms with Gasteiger partial charge in [0.15, 0.2) is 11.5 Å². The van der Waals surface area contributed by atoms with Crippen molar-refractivity contribution < 1.29 is 9.53 Å². The highest BCUT2D eigenvalue weighted by molar-refractivity contribution is 7.19. The van der Waals surface area contributed by atoms with Gasteiger partial charge in [-0.1, -0.05) is 13.8 Å². The van der Waals surface area contributed by atoms with E-state index in [9.17, 15) is 4.79 Å². The highest BCUT2D eigenvalue weighted by atomic mass is 32.1. The van der Waals surface area contributed by atoms with Crippen molar-refractivity contribution in [1.29, 1.82) is 0 Å². The number of nitrogens with two attached hydrogens (primary N) is 1. The summed E-state index contributed by atoms with van der Waals surface area (Å²) < 4.78 is 5.42. The molecule has 19 heavy (non-hydrogen) atoms. The average molecular weight is 282 g/mol. The molecule has 0 saturated carbocycles. The van der Waals surface area contributed by atoms with Crippen LogP contribution in [0.2, 0.25) is 0 Å². The van der Waals surface area contributed by atoms with Crippen LogP contribution in [0.1, 0.15) is 43.3 Å². The molecular formula is C14H22N2O2S. The predicted octanol–water partition coefficient (Wildman–Crippen LogP) is 3.17. The number of ether oxygens (including phenoxy) is 1. The Bertz CT molecular complexity index is 494. The first-order valence-corrected chi connectivity index (χ1v) is 7.39. The molecule has 0 amide bonds. The van der Waals surface area contributed by atoms with Crippen LogP contribution in [-0.4, -0.2) is 26.0 Å². The lowest BCUT2D eigenvalue weighted by Crippen LogP contribution is -2.39. The summed E-state index contributed by atoms with van der Waals surface area (Å²) in [4.78, 5) is 14.5. The van der Waals surface area contributed by atoms with Crippen LogP contribution in [0.25, 0.3) is 0 Å². The number of rotatable bonds is 3. The third kappa shape index (κ3) is 2.71. The SMILES string of the molecule is COc1c(N2CCCC(C)(C)C2)sc(C(C)=O)c1N. The minimum absolute atomic E-state index is 0.00307. The number of nitrogen functional groups attached to an aromatic ring is 1. The van der Waals surface area contributed by atoms with E-state index >= 15 is 0 Å². The van der Waals surface area contributed by atoms with Crippen LogP contribution in [0.15, 0.2) is 0 Å². The molecule has 1 fully saturated rings. The zero-order chi connectivity index (χ0) is 14.2. The van der Waals surface area contributed by atoms with Gasteiger partial charge in [0.1, 0.15) is 5.00 Å². The standard InChI is InChI=1S/C14H22N2O2S/c1-9(17)12-10(15)11(18-4)13(19-12)16-7-5-6-14(2,3)8-16/h5-8,15H2,1-4H3. The molecule has 0 bridgehead atoms. The third-order valence-corrected chi connectivity index (χ3v) is 4.94. The molecule has 1 aliphatic rings. The lowest BCUT2D eigenvalue weighted by atomic mass is 9.84. The van der Waals surface area contributed by atoms with E-state index in [0.717, 1.165) is 24.5 Å². The number of methoxy groups -OCH3 is 1. The molecule has 0 atom stereocenters. The zero-order valence-corrected chi connectivity index (χ0v) is 12.9. The molecule has 0 aromatic carbocycles. The molecule has 0 aliphatic carbocycles. The van der Waals surface area contributed by atoms with E-state index in [4.69, 9.17) is 10.5 Å². The molecule has 1 saturated heterocycles. The number of piperidine rings is 1. The Morgan fingerprint density at radius 1 is 1.47 bits per heavy atom. The maximum absolute atomic E-state index is 11.6. The van der Waals surface area contributed by atoms with Crippen molar-refractivity contribution in [2.45, 2.75) is 33.6 Å². The topological polar surface area (TPSA) is 55.6 Å². The first kappa shape index (κ1) is 14.2. The van der Waals surface area contributed by atoms with Gasteiger partial charge in [-0.25, -0.2) is 0 Å². The van der Waals surface area contributed by atoms with Gasteiger partial charge in [-0.05, 0) is 18.3 Å². The summed E-state index contributed by atoms with van der Waals surface area (Å²) in [7, 11) is 1.61. The Balaban J connectivity index is 2.39. The largest absolute Gasteiger partial charge is 0.492 e.